The second-order valence-electron chi connectivity index (χ2n) is 10.1. The first-order chi connectivity index (χ1) is 17.7. The van der Waals surface area contributed by atoms with Crippen molar-refractivity contribution >= 4 is 0 Å². The summed E-state index contributed by atoms with van der Waals surface area (Å²) in [6.45, 7) is 26.0. The molecular formula is C35H50O2. The molecule has 2 heteroatoms. The van der Waals surface area contributed by atoms with Gasteiger partial charge >= 0.3 is 0 Å². The zero-order valence-electron chi connectivity index (χ0n) is 24.7. The molecule has 0 unspecified atom stereocenters. The lowest BCUT2D eigenvalue weighted by molar-refractivity contribution is 0.262. The van der Waals surface area contributed by atoms with Crippen LogP contribution in [0.2, 0.25) is 0 Å². The largest absolute Gasteiger partial charge is 0.490 e. The van der Waals surface area contributed by atoms with E-state index in [1.807, 2.05) is 32.9 Å². The monoisotopic (exact) mass is 502 g/mol. The third kappa shape index (κ3) is 9.43. The number of allylic oxidation sites excluding steroid dienone is 9. The number of ether oxygens (including phenoxy) is 2. The summed E-state index contributed by atoms with van der Waals surface area (Å²) in [5.41, 5.74) is 5.30. The maximum absolute atomic E-state index is 5.78. The number of rotatable bonds is 12. The summed E-state index contributed by atoms with van der Waals surface area (Å²) in [6.07, 6.45) is 20.0. The van der Waals surface area contributed by atoms with Crippen LogP contribution in [0.25, 0.3) is 0 Å². The van der Waals surface area contributed by atoms with E-state index in [0.29, 0.717) is 13.2 Å². The van der Waals surface area contributed by atoms with Crippen LogP contribution in [-0.4, -0.2) is 13.2 Å². The van der Waals surface area contributed by atoms with Gasteiger partial charge in [0, 0.05) is 10.8 Å². The van der Waals surface area contributed by atoms with E-state index in [-0.39, 0.29) is 10.8 Å². The van der Waals surface area contributed by atoms with Gasteiger partial charge in [0.2, 0.25) is 0 Å². The van der Waals surface area contributed by atoms with Crippen molar-refractivity contribution in [1.29, 1.82) is 0 Å². The number of benzene rings is 1. The van der Waals surface area contributed by atoms with Crippen molar-refractivity contribution in [2.75, 3.05) is 13.2 Å². The molecule has 0 heterocycles. The third-order valence-corrected chi connectivity index (χ3v) is 6.99. The van der Waals surface area contributed by atoms with Crippen LogP contribution in [0.15, 0.2) is 109 Å². The fourth-order valence-corrected chi connectivity index (χ4v) is 4.23. The Kier molecular flexibility index (Phi) is 13.8. The first-order valence-electron chi connectivity index (χ1n) is 13.7. The maximum Gasteiger partial charge on any atom is 0.119 e. The highest BCUT2D eigenvalue weighted by Crippen LogP contribution is 2.43. The van der Waals surface area contributed by atoms with E-state index in [4.69, 9.17) is 9.47 Å². The molecule has 1 aromatic carbocycles. The molecule has 0 aliphatic heterocycles. The average Bonchev–Trinajstić information content (AvgIpc) is 3.18. The van der Waals surface area contributed by atoms with Gasteiger partial charge < -0.3 is 9.47 Å². The van der Waals surface area contributed by atoms with Crippen LogP contribution in [0, 0.1) is 5.41 Å². The van der Waals surface area contributed by atoms with Crippen molar-refractivity contribution < 1.29 is 9.47 Å². The summed E-state index contributed by atoms with van der Waals surface area (Å²) in [5, 5.41) is 0. The smallest absolute Gasteiger partial charge is 0.119 e. The van der Waals surface area contributed by atoms with Crippen molar-refractivity contribution in [1.82, 2.24) is 0 Å². The van der Waals surface area contributed by atoms with Crippen molar-refractivity contribution in [3.05, 3.63) is 114 Å². The van der Waals surface area contributed by atoms with Gasteiger partial charge in [-0.15, -0.1) is 0 Å². The number of hydrogen-bond acceptors (Lipinski definition) is 2. The summed E-state index contributed by atoms with van der Waals surface area (Å²) in [5.74, 6) is 1.72. The van der Waals surface area contributed by atoms with Gasteiger partial charge in [-0.2, -0.15) is 0 Å². The second kappa shape index (κ2) is 16.0. The quantitative estimate of drug-likeness (QED) is 0.161. The standard InChI is InChI=1S/C33H44O2.C2H6/c1-9-14-30(34-23-10-2)20-17-26(4)32(5,6)28-15-12-13-16-29(25-28)33(7,8)27-18-21-31(22-19-27)35-24-11-3;1-2/h9-11,14,16-22,25H,2-3,12-13,15,23-24H2,1,4-8H3;1-2H3/b14-9-,26-17+,30-20+;. The summed E-state index contributed by atoms with van der Waals surface area (Å²) >= 11 is 0. The molecule has 2 rings (SSSR count). The van der Waals surface area contributed by atoms with Crippen LogP contribution in [0.1, 0.15) is 80.2 Å². The Morgan fingerprint density at radius 1 is 0.973 bits per heavy atom. The van der Waals surface area contributed by atoms with Gasteiger partial charge in [-0.25, -0.2) is 0 Å². The van der Waals surface area contributed by atoms with Gasteiger partial charge in [0.05, 0.1) is 0 Å². The van der Waals surface area contributed by atoms with E-state index in [0.717, 1.165) is 24.4 Å². The van der Waals surface area contributed by atoms with Gasteiger partial charge in [-0.05, 0) is 68.5 Å². The van der Waals surface area contributed by atoms with Crippen LogP contribution in [0.4, 0.5) is 0 Å². The van der Waals surface area contributed by atoms with Crippen molar-refractivity contribution in [2.45, 2.75) is 80.1 Å². The Bertz CT molecular complexity index is 1010. The molecule has 0 amide bonds. The molecule has 0 N–H and O–H groups in total. The van der Waals surface area contributed by atoms with Crippen LogP contribution < -0.4 is 4.74 Å². The third-order valence-electron chi connectivity index (χ3n) is 6.99. The summed E-state index contributed by atoms with van der Waals surface area (Å²) in [4.78, 5) is 0. The SMILES string of the molecule is C=CCOC(/C=C\C)=C/C=C(\C)C(C)(C)C1=CC(C(C)(C)c2ccc(OCC=C)cc2)=CCCC1.CC. The Morgan fingerprint density at radius 3 is 2.22 bits per heavy atom. The van der Waals surface area contributed by atoms with Gasteiger partial charge in [0.25, 0.3) is 0 Å². The van der Waals surface area contributed by atoms with E-state index in [9.17, 15) is 0 Å². The molecule has 202 valence electrons. The Hall–Kier alpha value is -3.00. The highest BCUT2D eigenvalue weighted by molar-refractivity contribution is 5.46. The zero-order valence-corrected chi connectivity index (χ0v) is 24.7. The Labute approximate surface area is 227 Å². The molecule has 0 aromatic heterocycles. The lowest BCUT2D eigenvalue weighted by Crippen LogP contribution is -2.22. The predicted molar refractivity (Wildman–Crippen MR) is 163 cm³/mol. The van der Waals surface area contributed by atoms with E-state index >= 15 is 0 Å². The molecule has 1 aromatic rings. The average molecular weight is 503 g/mol. The molecule has 0 saturated heterocycles. The van der Waals surface area contributed by atoms with Crippen molar-refractivity contribution in [3.8, 4) is 5.75 Å². The summed E-state index contributed by atoms with van der Waals surface area (Å²) in [6, 6.07) is 8.49. The topological polar surface area (TPSA) is 18.5 Å². The normalized spacial score (nSPS) is 15.1. The van der Waals surface area contributed by atoms with Crippen molar-refractivity contribution in [2.24, 2.45) is 5.41 Å². The summed E-state index contributed by atoms with van der Waals surface area (Å²) in [7, 11) is 0. The molecule has 0 saturated carbocycles. The van der Waals surface area contributed by atoms with Crippen LogP contribution in [0.3, 0.4) is 0 Å². The molecule has 0 bridgehead atoms. The minimum atomic E-state index is -0.0994. The Morgan fingerprint density at radius 2 is 1.62 bits per heavy atom. The maximum atomic E-state index is 5.78. The second-order valence-corrected chi connectivity index (χ2v) is 10.1. The van der Waals surface area contributed by atoms with E-state index < -0.39 is 0 Å². The zero-order chi connectivity index (χ0) is 27.9. The van der Waals surface area contributed by atoms with E-state index in [2.05, 4.69) is 96.3 Å². The van der Waals surface area contributed by atoms with E-state index in [1.165, 1.54) is 28.7 Å². The highest BCUT2D eigenvalue weighted by atomic mass is 16.5. The molecule has 0 atom stereocenters. The molecule has 2 nitrogen and oxygen atoms in total. The summed E-state index contributed by atoms with van der Waals surface area (Å²) < 4.78 is 11.5. The van der Waals surface area contributed by atoms with Crippen LogP contribution >= 0.6 is 0 Å². The molecule has 1 aliphatic rings. The predicted octanol–water partition coefficient (Wildman–Crippen LogP) is 10.2. The first-order valence-corrected chi connectivity index (χ1v) is 13.7. The van der Waals surface area contributed by atoms with Crippen molar-refractivity contribution in [3.63, 3.8) is 0 Å². The fourth-order valence-electron chi connectivity index (χ4n) is 4.23. The molecule has 1 aliphatic carbocycles. The van der Waals surface area contributed by atoms with Gasteiger partial charge in [-0.3, -0.25) is 0 Å². The first kappa shape index (κ1) is 32.0. The molecule has 0 radical (unpaired) electrons. The molecular weight excluding hydrogens is 452 g/mol. The minimum absolute atomic E-state index is 0.0577. The lowest BCUT2D eigenvalue weighted by Gasteiger charge is -2.32. The molecule has 0 spiro atoms. The molecule has 37 heavy (non-hydrogen) atoms. The fraction of sp³-hybridized carbons (Fsp3) is 0.429. The van der Waals surface area contributed by atoms with Crippen LogP contribution in [-0.2, 0) is 10.2 Å². The van der Waals surface area contributed by atoms with Gasteiger partial charge in [0.15, 0.2) is 0 Å². The van der Waals surface area contributed by atoms with Gasteiger partial charge in [-0.1, -0.05) is 114 Å². The number of hydrogen-bond donors (Lipinski definition) is 0. The Balaban J connectivity index is 0.00000334. The van der Waals surface area contributed by atoms with E-state index in [1.54, 1.807) is 12.2 Å². The minimum Gasteiger partial charge on any atom is -0.490 e. The lowest BCUT2D eigenvalue weighted by atomic mass is 9.72. The highest BCUT2D eigenvalue weighted by Gasteiger charge is 2.30. The van der Waals surface area contributed by atoms with Gasteiger partial charge in [0.1, 0.15) is 24.7 Å². The molecule has 0 fully saturated rings. The van der Waals surface area contributed by atoms with Crippen LogP contribution in [0.5, 0.6) is 5.75 Å².